The van der Waals surface area contributed by atoms with Crippen LogP contribution in [0, 0.1) is 5.82 Å². The van der Waals surface area contributed by atoms with Gasteiger partial charge in [-0.25, -0.2) is 4.39 Å². The second-order valence-electron chi connectivity index (χ2n) is 4.27. The molecule has 0 spiro atoms. The number of rotatable bonds is 4. The summed E-state index contributed by atoms with van der Waals surface area (Å²) < 4.78 is 14.8. The summed E-state index contributed by atoms with van der Waals surface area (Å²) in [6.07, 6.45) is 0. The maximum absolute atomic E-state index is 13.4. The van der Waals surface area contributed by atoms with E-state index in [0.717, 1.165) is 0 Å². The van der Waals surface area contributed by atoms with Gasteiger partial charge in [-0.05, 0) is 22.6 Å². The van der Waals surface area contributed by atoms with E-state index in [1.807, 2.05) is 13.8 Å². The molecule has 1 aromatic carbocycles. The zero-order valence-corrected chi connectivity index (χ0v) is 11.9. The Balaban J connectivity index is 2.34. The Kier molecular flexibility index (Phi) is 4.34. The Bertz CT molecular complexity index is 561. The Morgan fingerprint density at radius 1 is 1.32 bits per heavy atom. The molecule has 0 saturated carbocycles. The highest BCUT2D eigenvalue weighted by molar-refractivity contribution is 6.35. The molecule has 0 aliphatic rings. The topological polar surface area (TPSA) is 55.6 Å². The normalized spacial score (nSPS) is 11.3. The molecular formula is C11H12Cl2FN5. The van der Waals surface area contributed by atoms with Crippen LogP contribution in [0.5, 0.6) is 0 Å². The van der Waals surface area contributed by atoms with Gasteiger partial charge < -0.3 is 5.32 Å². The molecule has 102 valence electrons. The lowest BCUT2D eigenvalue weighted by Crippen LogP contribution is -2.24. The molecule has 1 heterocycles. The van der Waals surface area contributed by atoms with Gasteiger partial charge >= 0.3 is 0 Å². The van der Waals surface area contributed by atoms with E-state index in [1.165, 1.54) is 16.8 Å². The van der Waals surface area contributed by atoms with Crippen LogP contribution in [-0.2, 0) is 6.54 Å². The number of benzene rings is 1. The smallest absolute Gasteiger partial charge is 0.170 e. The van der Waals surface area contributed by atoms with Crippen molar-refractivity contribution >= 4 is 23.2 Å². The second-order valence-corrected chi connectivity index (χ2v) is 5.08. The number of halogens is 3. The van der Waals surface area contributed by atoms with Gasteiger partial charge in [0.05, 0.1) is 22.3 Å². The lowest BCUT2D eigenvalue weighted by atomic mass is 10.3. The molecule has 2 rings (SSSR count). The molecule has 2 aromatic rings. The van der Waals surface area contributed by atoms with Gasteiger partial charge in [-0.1, -0.05) is 37.0 Å². The van der Waals surface area contributed by atoms with Gasteiger partial charge in [-0.2, -0.15) is 4.68 Å². The van der Waals surface area contributed by atoms with E-state index in [2.05, 4.69) is 20.8 Å². The molecule has 1 aromatic heterocycles. The van der Waals surface area contributed by atoms with Gasteiger partial charge in [0.25, 0.3) is 0 Å². The number of hydrogen-bond acceptors (Lipinski definition) is 4. The highest BCUT2D eigenvalue weighted by Gasteiger charge is 2.13. The van der Waals surface area contributed by atoms with Crippen molar-refractivity contribution in [2.45, 2.75) is 26.4 Å². The van der Waals surface area contributed by atoms with Crippen LogP contribution >= 0.6 is 23.2 Å². The second kappa shape index (κ2) is 5.81. The Hall–Kier alpha value is -1.24. The standard InChI is InChI=1S/C11H12Cl2FN5/c1-6(2)15-5-10-16-17-18-19(10)7-3-8(12)11(14)9(13)4-7/h3-4,6,15H,5H2,1-2H3. The molecule has 8 heteroatoms. The van der Waals surface area contributed by atoms with Crippen molar-refractivity contribution in [3.8, 4) is 5.69 Å². The van der Waals surface area contributed by atoms with Gasteiger partial charge in [0, 0.05) is 6.04 Å². The highest BCUT2D eigenvalue weighted by atomic mass is 35.5. The van der Waals surface area contributed by atoms with Crippen LogP contribution in [-0.4, -0.2) is 26.2 Å². The summed E-state index contributed by atoms with van der Waals surface area (Å²) in [5.41, 5.74) is 0.516. The van der Waals surface area contributed by atoms with E-state index < -0.39 is 5.82 Å². The quantitative estimate of drug-likeness (QED) is 0.882. The van der Waals surface area contributed by atoms with Crippen molar-refractivity contribution in [3.05, 3.63) is 33.8 Å². The van der Waals surface area contributed by atoms with E-state index in [9.17, 15) is 4.39 Å². The van der Waals surface area contributed by atoms with Crippen molar-refractivity contribution in [2.75, 3.05) is 0 Å². The van der Waals surface area contributed by atoms with Crippen molar-refractivity contribution < 1.29 is 4.39 Å². The summed E-state index contributed by atoms with van der Waals surface area (Å²) in [6, 6.07) is 3.15. The average Bonchev–Trinajstić information content (AvgIpc) is 2.81. The number of hydrogen-bond donors (Lipinski definition) is 1. The number of nitrogens with zero attached hydrogens (tertiary/aromatic N) is 4. The van der Waals surface area contributed by atoms with Crippen molar-refractivity contribution in [3.63, 3.8) is 0 Å². The van der Waals surface area contributed by atoms with E-state index in [1.54, 1.807) is 0 Å². The summed E-state index contributed by atoms with van der Waals surface area (Å²) in [5, 5.41) is 14.4. The van der Waals surface area contributed by atoms with Gasteiger partial charge in [-0.15, -0.1) is 5.10 Å². The van der Waals surface area contributed by atoms with Crippen LogP contribution in [0.1, 0.15) is 19.7 Å². The first-order valence-corrected chi connectivity index (χ1v) is 6.40. The average molecular weight is 304 g/mol. The molecule has 0 unspecified atom stereocenters. The molecule has 0 atom stereocenters. The summed E-state index contributed by atoms with van der Waals surface area (Å²) in [5.74, 6) is -0.0607. The minimum atomic E-state index is -0.651. The predicted molar refractivity (Wildman–Crippen MR) is 71.1 cm³/mol. The third-order valence-corrected chi connectivity index (χ3v) is 2.97. The van der Waals surface area contributed by atoms with Crippen molar-refractivity contribution in [1.82, 2.24) is 25.5 Å². The minimum Gasteiger partial charge on any atom is -0.308 e. The zero-order chi connectivity index (χ0) is 14.0. The fraction of sp³-hybridized carbons (Fsp3) is 0.364. The van der Waals surface area contributed by atoms with Gasteiger partial charge in [0.2, 0.25) is 0 Å². The number of aromatic nitrogens is 4. The third kappa shape index (κ3) is 3.20. The zero-order valence-electron chi connectivity index (χ0n) is 10.4. The Morgan fingerprint density at radius 3 is 2.53 bits per heavy atom. The largest absolute Gasteiger partial charge is 0.308 e. The van der Waals surface area contributed by atoms with Crippen LogP contribution in [0.25, 0.3) is 5.69 Å². The van der Waals surface area contributed by atoms with Gasteiger partial charge in [0.15, 0.2) is 11.6 Å². The van der Waals surface area contributed by atoms with Crippen molar-refractivity contribution in [1.29, 1.82) is 0 Å². The molecule has 0 aliphatic carbocycles. The molecule has 0 bridgehead atoms. The molecule has 19 heavy (non-hydrogen) atoms. The first-order valence-electron chi connectivity index (χ1n) is 5.64. The molecule has 0 saturated heterocycles. The van der Waals surface area contributed by atoms with Crippen molar-refractivity contribution in [2.24, 2.45) is 0 Å². The highest BCUT2D eigenvalue weighted by Crippen LogP contribution is 2.26. The van der Waals surface area contributed by atoms with Gasteiger partial charge in [-0.3, -0.25) is 0 Å². The summed E-state index contributed by atoms with van der Waals surface area (Å²) in [4.78, 5) is 0. The Morgan fingerprint density at radius 2 is 1.95 bits per heavy atom. The minimum absolute atomic E-state index is 0.0687. The maximum atomic E-state index is 13.4. The first-order chi connectivity index (χ1) is 8.99. The molecule has 0 radical (unpaired) electrons. The SMILES string of the molecule is CC(C)NCc1nnnn1-c1cc(Cl)c(F)c(Cl)c1. The van der Waals surface area contributed by atoms with Crippen LogP contribution in [0.4, 0.5) is 4.39 Å². The van der Waals surface area contributed by atoms with E-state index >= 15 is 0 Å². The van der Waals surface area contributed by atoms with Crippen LogP contribution in [0.15, 0.2) is 12.1 Å². The lowest BCUT2D eigenvalue weighted by Gasteiger charge is -2.09. The first kappa shape index (κ1) is 14.2. The van der Waals surface area contributed by atoms with Crippen LogP contribution < -0.4 is 5.32 Å². The molecule has 0 aliphatic heterocycles. The lowest BCUT2D eigenvalue weighted by molar-refractivity contribution is 0.563. The third-order valence-electron chi connectivity index (χ3n) is 2.42. The summed E-state index contributed by atoms with van der Waals surface area (Å²) >= 11 is 11.5. The van der Waals surface area contributed by atoms with Crippen LogP contribution in [0.2, 0.25) is 10.0 Å². The van der Waals surface area contributed by atoms with Crippen LogP contribution in [0.3, 0.4) is 0 Å². The molecule has 5 nitrogen and oxygen atoms in total. The summed E-state index contributed by atoms with van der Waals surface area (Å²) in [6.45, 7) is 4.51. The van der Waals surface area contributed by atoms with E-state index in [-0.39, 0.29) is 10.0 Å². The molecule has 0 amide bonds. The van der Waals surface area contributed by atoms with E-state index in [0.29, 0.717) is 24.1 Å². The fourth-order valence-electron chi connectivity index (χ4n) is 1.48. The predicted octanol–water partition coefficient (Wildman–Crippen LogP) is 2.61. The fourth-order valence-corrected chi connectivity index (χ4v) is 1.95. The molecule has 1 N–H and O–H groups in total. The maximum Gasteiger partial charge on any atom is 0.170 e. The Labute approximate surface area is 119 Å². The molecular weight excluding hydrogens is 292 g/mol. The summed E-state index contributed by atoms with van der Waals surface area (Å²) in [7, 11) is 0. The van der Waals surface area contributed by atoms with Gasteiger partial charge in [0.1, 0.15) is 0 Å². The number of tetrazole rings is 1. The van der Waals surface area contributed by atoms with E-state index in [4.69, 9.17) is 23.2 Å². The number of nitrogens with one attached hydrogen (secondary N) is 1. The monoisotopic (exact) mass is 303 g/mol. The molecule has 0 fully saturated rings.